The van der Waals surface area contributed by atoms with Crippen molar-refractivity contribution in [2.75, 3.05) is 13.2 Å². The summed E-state index contributed by atoms with van der Waals surface area (Å²) >= 11 is 0. The van der Waals surface area contributed by atoms with Gasteiger partial charge in [-0.3, -0.25) is 9.59 Å². The number of carbonyl (C=O) groups excluding carboxylic acids is 2. The van der Waals surface area contributed by atoms with E-state index in [1.807, 2.05) is 27.7 Å². The first-order valence-corrected chi connectivity index (χ1v) is 10.7. The molecule has 0 spiro atoms. The largest absolute Gasteiger partial charge is 0.465 e. The molecule has 1 fully saturated rings. The van der Waals surface area contributed by atoms with E-state index >= 15 is 0 Å². The Hall–Kier alpha value is -1.57. The van der Waals surface area contributed by atoms with Crippen LogP contribution in [-0.2, 0) is 19.1 Å². The van der Waals surface area contributed by atoms with E-state index in [0.717, 1.165) is 57.8 Å². The molecule has 0 saturated heterocycles. The van der Waals surface area contributed by atoms with Crippen LogP contribution in [-0.4, -0.2) is 25.2 Å². The van der Waals surface area contributed by atoms with Crippen LogP contribution in [0.2, 0.25) is 0 Å². The first-order chi connectivity index (χ1) is 12.9. The number of ether oxygens (including phenoxy) is 2. The topological polar surface area (TPSA) is 76.4 Å². The van der Waals surface area contributed by atoms with Crippen LogP contribution in [0.4, 0.5) is 0 Å². The summed E-state index contributed by atoms with van der Waals surface area (Å²) in [4.78, 5) is 26.2. The van der Waals surface area contributed by atoms with E-state index in [-0.39, 0.29) is 11.8 Å². The van der Waals surface area contributed by atoms with Gasteiger partial charge in [-0.1, -0.05) is 59.8 Å². The Morgan fingerprint density at radius 3 is 2.07 bits per heavy atom. The molecular weight excluding hydrogens is 342 g/mol. The fraction of sp³-hybridized carbons (Fsp3) is 0.864. The number of carbonyl (C=O) groups is 2. The minimum atomic E-state index is -1.45. The minimum absolute atomic E-state index is 0.156. The lowest BCUT2D eigenvalue weighted by Gasteiger charge is -2.41. The van der Waals surface area contributed by atoms with E-state index in [9.17, 15) is 14.9 Å². The van der Waals surface area contributed by atoms with Crippen molar-refractivity contribution in [3.8, 4) is 6.07 Å². The molecule has 0 bridgehead atoms. The average molecular weight is 380 g/mol. The summed E-state index contributed by atoms with van der Waals surface area (Å²) in [5.41, 5.74) is -1.45. The highest BCUT2D eigenvalue weighted by atomic mass is 16.5. The fourth-order valence-electron chi connectivity index (χ4n) is 4.13. The molecule has 0 aromatic heterocycles. The zero-order valence-electron chi connectivity index (χ0n) is 17.6. The van der Waals surface area contributed by atoms with Gasteiger partial charge >= 0.3 is 11.9 Å². The number of nitrogens with zero attached hydrogens (tertiary/aromatic N) is 1. The van der Waals surface area contributed by atoms with Crippen LogP contribution < -0.4 is 0 Å². The van der Waals surface area contributed by atoms with Crippen LogP contribution in [0.15, 0.2) is 0 Å². The van der Waals surface area contributed by atoms with E-state index < -0.39 is 23.3 Å². The molecule has 1 aliphatic rings. The van der Waals surface area contributed by atoms with Crippen LogP contribution in [0.3, 0.4) is 0 Å². The zero-order valence-corrected chi connectivity index (χ0v) is 17.6. The predicted octanol–water partition coefficient (Wildman–Crippen LogP) is 5.04. The van der Waals surface area contributed by atoms with Crippen molar-refractivity contribution < 1.29 is 19.1 Å². The molecule has 0 amide bonds. The third kappa shape index (κ3) is 5.96. The second-order valence-electron chi connectivity index (χ2n) is 8.05. The van der Waals surface area contributed by atoms with Crippen molar-refractivity contribution in [3.63, 3.8) is 0 Å². The Morgan fingerprint density at radius 1 is 1.04 bits per heavy atom. The van der Waals surface area contributed by atoms with Gasteiger partial charge < -0.3 is 9.47 Å². The molecule has 1 saturated carbocycles. The summed E-state index contributed by atoms with van der Waals surface area (Å²) in [5, 5.41) is 10.2. The molecular formula is C22H37NO4. The molecule has 1 rings (SSSR count). The zero-order chi connectivity index (χ0) is 20.3. The fourth-order valence-corrected chi connectivity index (χ4v) is 4.13. The van der Waals surface area contributed by atoms with E-state index in [4.69, 9.17) is 9.47 Å². The molecule has 0 radical (unpaired) electrons. The molecule has 154 valence electrons. The molecule has 0 aromatic carbocycles. The number of unbranched alkanes of at least 4 members (excludes halogenated alkanes) is 2. The summed E-state index contributed by atoms with van der Waals surface area (Å²) in [5.74, 6) is -2.10. The van der Waals surface area contributed by atoms with Gasteiger partial charge in [0.1, 0.15) is 0 Å². The minimum Gasteiger partial charge on any atom is -0.465 e. The summed E-state index contributed by atoms with van der Waals surface area (Å²) < 4.78 is 11.0. The number of hydrogen-bond donors (Lipinski definition) is 0. The Kier molecular flexibility index (Phi) is 10.4. The Balaban J connectivity index is 3.22. The number of esters is 2. The molecule has 27 heavy (non-hydrogen) atoms. The lowest BCUT2D eigenvalue weighted by atomic mass is 9.60. The van der Waals surface area contributed by atoms with Crippen molar-refractivity contribution in [2.45, 2.75) is 85.5 Å². The number of rotatable bonds is 11. The van der Waals surface area contributed by atoms with Crippen LogP contribution in [0.25, 0.3) is 0 Å². The van der Waals surface area contributed by atoms with Crippen LogP contribution >= 0.6 is 0 Å². The molecule has 0 heterocycles. The highest BCUT2D eigenvalue weighted by Crippen LogP contribution is 2.47. The van der Waals surface area contributed by atoms with Crippen LogP contribution in [0, 0.1) is 34.5 Å². The second kappa shape index (κ2) is 12.0. The molecule has 0 N–H and O–H groups in total. The summed E-state index contributed by atoms with van der Waals surface area (Å²) in [7, 11) is 0. The maximum atomic E-state index is 13.2. The van der Waals surface area contributed by atoms with E-state index in [2.05, 4.69) is 6.07 Å². The second-order valence-corrected chi connectivity index (χ2v) is 8.05. The lowest BCUT2D eigenvalue weighted by Crippen LogP contribution is -2.51. The molecule has 1 aliphatic carbocycles. The summed E-state index contributed by atoms with van der Waals surface area (Å²) in [6, 6.07) is 2.29. The van der Waals surface area contributed by atoms with E-state index in [1.54, 1.807) is 0 Å². The molecule has 5 nitrogen and oxygen atoms in total. The maximum Gasteiger partial charge on any atom is 0.327 e. The van der Waals surface area contributed by atoms with Gasteiger partial charge in [0.15, 0.2) is 5.41 Å². The van der Waals surface area contributed by atoms with E-state index in [0.29, 0.717) is 13.2 Å². The van der Waals surface area contributed by atoms with Crippen LogP contribution in [0.1, 0.15) is 85.5 Å². The number of hydrogen-bond acceptors (Lipinski definition) is 5. The van der Waals surface area contributed by atoms with Crippen molar-refractivity contribution in [3.05, 3.63) is 0 Å². The third-order valence-electron chi connectivity index (χ3n) is 5.66. The molecule has 0 aromatic rings. The average Bonchev–Trinajstić information content (AvgIpc) is 2.66. The van der Waals surface area contributed by atoms with Crippen molar-refractivity contribution in [1.29, 1.82) is 5.26 Å². The van der Waals surface area contributed by atoms with Gasteiger partial charge in [0.05, 0.1) is 25.2 Å². The molecule has 0 aliphatic heterocycles. The van der Waals surface area contributed by atoms with Gasteiger partial charge in [-0.2, -0.15) is 5.26 Å². The van der Waals surface area contributed by atoms with Gasteiger partial charge in [-0.15, -0.1) is 0 Å². The standard InChI is InChI=1S/C22H37NO4/c1-5-7-14-26-20(24)19(17(3)4)22(16-23,18-12-10-9-11-13-18)21(25)27-15-8-6-2/h17-19H,5-15H2,1-4H3. The summed E-state index contributed by atoms with van der Waals surface area (Å²) in [6.45, 7) is 8.45. The monoisotopic (exact) mass is 379 g/mol. The summed E-state index contributed by atoms with van der Waals surface area (Å²) in [6.07, 6.45) is 7.98. The van der Waals surface area contributed by atoms with E-state index in [1.165, 1.54) is 0 Å². The van der Waals surface area contributed by atoms with Gasteiger partial charge in [-0.25, -0.2) is 0 Å². The van der Waals surface area contributed by atoms with Crippen molar-refractivity contribution in [2.24, 2.45) is 23.2 Å². The highest BCUT2D eigenvalue weighted by Gasteiger charge is 2.57. The SMILES string of the molecule is CCCCOC(=O)C(C(C)C)C(C#N)(C(=O)OCCCC)C1CCCCC1. The smallest absolute Gasteiger partial charge is 0.327 e. The van der Waals surface area contributed by atoms with Gasteiger partial charge in [-0.05, 0) is 37.5 Å². The van der Waals surface area contributed by atoms with Crippen molar-refractivity contribution >= 4 is 11.9 Å². The molecule has 2 unspecified atom stereocenters. The first-order valence-electron chi connectivity index (χ1n) is 10.7. The van der Waals surface area contributed by atoms with Crippen LogP contribution in [0.5, 0.6) is 0 Å². The van der Waals surface area contributed by atoms with Gasteiger partial charge in [0.2, 0.25) is 0 Å². The Bertz CT molecular complexity index is 505. The quantitative estimate of drug-likeness (QED) is 0.371. The van der Waals surface area contributed by atoms with Crippen molar-refractivity contribution in [1.82, 2.24) is 0 Å². The number of nitriles is 1. The highest BCUT2D eigenvalue weighted by molar-refractivity contribution is 5.88. The maximum absolute atomic E-state index is 13.2. The third-order valence-corrected chi connectivity index (χ3v) is 5.66. The lowest BCUT2D eigenvalue weighted by molar-refractivity contribution is -0.173. The molecule has 2 atom stereocenters. The van der Waals surface area contributed by atoms with Gasteiger partial charge in [0, 0.05) is 0 Å². The van der Waals surface area contributed by atoms with Gasteiger partial charge in [0.25, 0.3) is 0 Å². The Morgan fingerprint density at radius 2 is 1.59 bits per heavy atom. The molecule has 5 heteroatoms. The Labute approximate surface area is 164 Å². The predicted molar refractivity (Wildman–Crippen MR) is 105 cm³/mol. The normalized spacial score (nSPS) is 18.4. The first kappa shape index (κ1) is 23.5.